The van der Waals surface area contributed by atoms with Crippen molar-refractivity contribution >= 4 is 40.7 Å². The number of ether oxygens (including phenoxy) is 1. The summed E-state index contributed by atoms with van der Waals surface area (Å²) in [5.41, 5.74) is 0.978. The van der Waals surface area contributed by atoms with Crippen LogP contribution in [0.15, 0.2) is 30.5 Å². The third-order valence-corrected chi connectivity index (χ3v) is 5.20. The molecule has 1 saturated heterocycles. The molecular formula is C20H24ClN7O2. The number of hydrogen-bond donors (Lipinski definition) is 2. The molecule has 4 heterocycles. The van der Waals surface area contributed by atoms with Crippen molar-refractivity contribution in [2.24, 2.45) is 0 Å². The molecule has 0 spiro atoms. The summed E-state index contributed by atoms with van der Waals surface area (Å²) in [5.74, 6) is 1.42. The van der Waals surface area contributed by atoms with Gasteiger partial charge < -0.3 is 15.0 Å². The summed E-state index contributed by atoms with van der Waals surface area (Å²) < 4.78 is 6.99. The topological polar surface area (TPSA) is 96.7 Å². The van der Waals surface area contributed by atoms with Crippen LogP contribution in [0.2, 0.25) is 5.02 Å². The van der Waals surface area contributed by atoms with Gasteiger partial charge in [-0.1, -0.05) is 18.5 Å². The molecule has 0 bridgehead atoms. The van der Waals surface area contributed by atoms with Crippen molar-refractivity contribution in [3.63, 3.8) is 0 Å². The summed E-state index contributed by atoms with van der Waals surface area (Å²) in [6.45, 7) is 7.10. The molecule has 158 valence electrons. The van der Waals surface area contributed by atoms with Crippen molar-refractivity contribution in [2.45, 2.75) is 26.3 Å². The number of morpholine rings is 1. The van der Waals surface area contributed by atoms with Gasteiger partial charge >= 0.3 is 0 Å². The van der Waals surface area contributed by atoms with Gasteiger partial charge in [-0.2, -0.15) is 9.50 Å². The fourth-order valence-electron chi connectivity index (χ4n) is 3.14. The number of carbonyl (C=O) groups is 1. The van der Waals surface area contributed by atoms with E-state index >= 15 is 0 Å². The predicted molar refractivity (Wildman–Crippen MR) is 117 cm³/mol. The summed E-state index contributed by atoms with van der Waals surface area (Å²) in [5, 5.41) is 11.0. The number of fused-ring (bicyclic) bond motifs is 1. The summed E-state index contributed by atoms with van der Waals surface area (Å²) in [6.07, 6.45) is 2.50. The highest BCUT2D eigenvalue weighted by Crippen LogP contribution is 2.21. The zero-order chi connectivity index (χ0) is 21.1. The van der Waals surface area contributed by atoms with E-state index in [1.165, 1.54) is 0 Å². The van der Waals surface area contributed by atoms with Gasteiger partial charge in [0.1, 0.15) is 11.6 Å². The Bertz CT molecular complexity index is 1030. The van der Waals surface area contributed by atoms with Crippen molar-refractivity contribution in [3.05, 3.63) is 41.0 Å². The van der Waals surface area contributed by atoms with Crippen molar-refractivity contribution in [2.75, 3.05) is 41.8 Å². The van der Waals surface area contributed by atoms with E-state index in [4.69, 9.17) is 16.3 Å². The van der Waals surface area contributed by atoms with Crippen LogP contribution in [0.4, 0.5) is 17.6 Å². The molecule has 1 unspecified atom stereocenters. The fourth-order valence-corrected chi connectivity index (χ4v) is 3.34. The van der Waals surface area contributed by atoms with Gasteiger partial charge in [0.15, 0.2) is 5.65 Å². The number of amides is 1. The lowest BCUT2D eigenvalue weighted by molar-refractivity contribution is 0.102. The lowest BCUT2D eigenvalue weighted by Crippen LogP contribution is -2.36. The average molecular weight is 430 g/mol. The highest BCUT2D eigenvalue weighted by molar-refractivity contribution is 6.31. The smallest absolute Gasteiger partial charge is 0.259 e. The Labute approximate surface area is 179 Å². The number of hydrogen-bond acceptors (Lipinski definition) is 7. The van der Waals surface area contributed by atoms with Crippen LogP contribution < -0.4 is 15.5 Å². The standard InChI is InChI=1S/C20H24ClN7O2/c1-3-13(2)23-17-10-15(21)11-18-24-20(26-28(17)18)25-19(29)14-4-5-16(22-12-14)27-6-8-30-9-7-27/h4-5,10-13,23H,3,6-9H2,1-2H3,(H,25,26,29). The monoisotopic (exact) mass is 429 g/mol. The second-order valence-electron chi connectivity index (χ2n) is 7.18. The molecule has 4 rings (SSSR count). The Balaban J connectivity index is 1.50. The van der Waals surface area contributed by atoms with E-state index in [1.807, 2.05) is 6.07 Å². The number of aromatic nitrogens is 4. The normalized spacial score (nSPS) is 15.2. The summed E-state index contributed by atoms with van der Waals surface area (Å²) >= 11 is 6.21. The van der Waals surface area contributed by atoms with Gasteiger partial charge in [-0.05, 0) is 31.5 Å². The number of halogens is 1. The lowest BCUT2D eigenvalue weighted by Gasteiger charge is -2.27. The molecule has 0 aromatic carbocycles. The summed E-state index contributed by atoms with van der Waals surface area (Å²) in [7, 11) is 0. The lowest BCUT2D eigenvalue weighted by atomic mass is 10.2. The molecule has 9 nitrogen and oxygen atoms in total. The van der Waals surface area contributed by atoms with E-state index < -0.39 is 0 Å². The first-order valence-corrected chi connectivity index (χ1v) is 10.3. The maximum atomic E-state index is 12.6. The number of carbonyl (C=O) groups excluding carboxylic acids is 1. The maximum absolute atomic E-state index is 12.6. The minimum Gasteiger partial charge on any atom is -0.378 e. The van der Waals surface area contributed by atoms with E-state index in [0.29, 0.717) is 29.4 Å². The van der Waals surface area contributed by atoms with Crippen LogP contribution in [0, 0.1) is 0 Å². The molecule has 1 amide bonds. The van der Waals surface area contributed by atoms with E-state index in [-0.39, 0.29) is 17.9 Å². The quantitative estimate of drug-likeness (QED) is 0.621. The van der Waals surface area contributed by atoms with E-state index in [1.54, 1.807) is 28.9 Å². The van der Waals surface area contributed by atoms with Gasteiger partial charge in [-0.3, -0.25) is 10.1 Å². The molecular weight excluding hydrogens is 406 g/mol. The van der Waals surface area contributed by atoms with Crippen molar-refractivity contribution in [1.82, 2.24) is 19.6 Å². The maximum Gasteiger partial charge on any atom is 0.259 e. The number of nitrogens with zero attached hydrogens (tertiary/aromatic N) is 5. The zero-order valence-electron chi connectivity index (χ0n) is 16.9. The molecule has 0 radical (unpaired) electrons. The van der Waals surface area contributed by atoms with Crippen LogP contribution in [-0.4, -0.2) is 57.8 Å². The van der Waals surface area contributed by atoms with Crippen molar-refractivity contribution < 1.29 is 9.53 Å². The Morgan fingerprint density at radius 3 is 2.80 bits per heavy atom. The van der Waals surface area contributed by atoms with Crippen LogP contribution in [0.5, 0.6) is 0 Å². The predicted octanol–water partition coefficient (Wildman–Crippen LogP) is 3.08. The number of pyridine rings is 2. The van der Waals surface area contributed by atoms with Gasteiger partial charge in [0.25, 0.3) is 5.91 Å². The van der Waals surface area contributed by atoms with E-state index in [2.05, 4.69) is 44.4 Å². The summed E-state index contributed by atoms with van der Waals surface area (Å²) in [6, 6.07) is 7.31. The third-order valence-electron chi connectivity index (χ3n) is 4.98. The molecule has 1 fully saturated rings. The van der Waals surface area contributed by atoms with Gasteiger partial charge in [-0.15, -0.1) is 5.10 Å². The molecule has 1 aliphatic heterocycles. The number of anilines is 3. The Morgan fingerprint density at radius 2 is 2.10 bits per heavy atom. The first-order valence-electron chi connectivity index (χ1n) is 9.96. The van der Waals surface area contributed by atoms with Crippen LogP contribution in [0.3, 0.4) is 0 Å². The first-order chi connectivity index (χ1) is 14.5. The minimum atomic E-state index is -0.325. The van der Waals surface area contributed by atoms with Gasteiger partial charge in [-0.25, -0.2) is 4.98 Å². The Kier molecular flexibility index (Phi) is 6.01. The van der Waals surface area contributed by atoms with Gasteiger partial charge in [0.2, 0.25) is 5.95 Å². The van der Waals surface area contributed by atoms with E-state index in [0.717, 1.165) is 31.1 Å². The first kappa shape index (κ1) is 20.4. The molecule has 0 aliphatic carbocycles. The SMILES string of the molecule is CCC(C)Nc1cc(Cl)cc2nc(NC(=O)c3ccc(N4CCOCC4)nc3)nn12. The zero-order valence-corrected chi connectivity index (χ0v) is 17.7. The van der Waals surface area contributed by atoms with Crippen LogP contribution >= 0.6 is 11.6 Å². The Hall–Kier alpha value is -2.91. The van der Waals surface area contributed by atoms with Crippen LogP contribution in [0.1, 0.15) is 30.6 Å². The van der Waals surface area contributed by atoms with Crippen molar-refractivity contribution in [1.29, 1.82) is 0 Å². The number of nitrogens with one attached hydrogen (secondary N) is 2. The third kappa shape index (κ3) is 4.47. The molecule has 10 heteroatoms. The molecule has 1 atom stereocenters. The average Bonchev–Trinajstić information content (AvgIpc) is 3.16. The Morgan fingerprint density at radius 1 is 1.30 bits per heavy atom. The largest absolute Gasteiger partial charge is 0.378 e. The highest BCUT2D eigenvalue weighted by atomic mass is 35.5. The molecule has 2 N–H and O–H groups in total. The van der Waals surface area contributed by atoms with Crippen LogP contribution in [0.25, 0.3) is 5.65 Å². The number of rotatable bonds is 6. The molecule has 0 saturated carbocycles. The van der Waals surface area contributed by atoms with Gasteiger partial charge in [0, 0.05) is 36.4 Å². The van der Waals surface area contributed by atoms with Crippen LogP contribution in [-0.2, 0) is 4.74 Å². The molecule has 3 aromatic heterocycles. The summed E-state index contributed by atoms with van der Waals surface area (Å²) in [4.78, 5) is 23.6. The van der Waals surface area contributed by atoms with E-state index in [9.17, 15) is 4.79 Å². The molecule has 3 aromatic rings. The minimum absolute atomic E-state index is 0.201. The highest BCUT2D eigenvalue weighted by Gasteiger charge is 2.16. The molecule has 1 aliphatic rings. The fraction of sp³-hybridized carbons (Fsp3) is 0.400. The van der Waals surface area contributed by atoms with Crippen molar-refractivity contribution in [3.8, 4) is 0 Å². The molecule has 30 heavy (non-hydrogen) atoms. The van der Waals surface area contributed by atoms with Gasteiger partial charge in [0.05, 0.1) is 18.8 Å². The second kappa shape index (κ2) is 8.85. The second-order valence-corrected chi connectivity index (χ2v) is 7.61.